The first-order valence-electron chi connectivity index (χ1n) is 6.98. The smallest absolute Gasteiger partial charge is 0.173 e. The van der Waals surface area contributed by atoms with Gasteiger partial charge in [-0.25, -0.2) is 0 Å². The van der Waals surface area contributed by atoms with Crippen LogP contribution in [-0.4, -0.2) is 27.5 Å². The molecule has 3 aromatic rings. The maximum atomic E-state index is 10.3. The summed E-state index contributed by atoms with van der Waals surface area (Å²) in [4.78, 5) is 0. The minimum absolute atomic E-state index is 0.0259. The second-order valence-corrected chi connectivity index (χ2v) is 4.97. The lowest BCUT2D eigenvalue weighted by Gasteiger charge is -2.11. The molecule has 6 heteroatoms. The fourth-order valence-corrected chi connectivity index (χ4v) is 2.26. The van der Waals surface area contributed by atoms with E-state index in [4.69, 9.17) is 9.47 Å². The number of ether oxygens (including phenoxy) is 2. The highest BCUT2D eigenvalue weighted by Gasteiger charge is 2.17. The van der Waals surface area contributed by atoms with Crippen LogP contribution in [0.1, 0.15) is 5.56 Å². The zero-order chi connectivity index (χ0) is 16.4. The van der Waals surface area contributed by atoms with Crippen molar-refractivity contribution in [2.75, 3.05) is 7.11 Å². The molecule has 0 bridgehead atoms. The fraction of sp³-hybridized carbons (Fsp3) is 0.118. The number of methoxy groups -OCH3 is 1. The molecule has 23 heavy (non-hydrogen) atoms. The van der Waals surface area contributed by atoms with Gasteiger partial charge in [0.05, 0.1) is 13.3 Å². The average Bonchev–Trinajstić information content (AvgIpc) is 3.01. The standard InChI is InChI=1S/C17H16N2O4/c1-10-12(20)8-7-11(17(10)21)16-15(9-18-19-16)23-14-6-4-3-5-13(14)22-2/h3-9,20-21H,1-2H3,(H,18,19). The van der Waals surface area contributed by atoms with Crippen molar-refractivity contribution in [3.8, 4) is 40.0 Å². The molecule has 0 aliphatic rings. The number of rotatable bonds is 4. The van der Waals surface area contributed by atoms with Crippen molar-refractivity contribution in [2.45, 2.75) is 6.92 Å². The Balaban J connectivity index is 2.02. The average molecular weight is 312 g/mol. The van der Waals surface area contributed by atoms with Crippen molar-refractivity contribution >= 4 is 0 Å². The van der Waals surface area contributed by atoms with E-state index < -0.39 is 0 Å². The van der Waals surface area contributed by atoms with Crippen molar-refractivity contribution in [2.24, 2.45) is 0 Å². The Morgan fingerprint density at radius 2 is 1.74 bits per heavy atom. The van der Waals surface area contributed by atoms with E-state index in [0.717, 1.165) is 0 Å². The molecule has 1 aromatic heterocycles. The number of aromatic nitrogens is 2. The number of phenolic OH excluding ortho intramolecular Hbond substituents is 2. The molecule has 0 saturated carbocycles. The van der Waals surface area contributed by atoms with Crippen LogP contribution < -0.4 is 9.47 Å². The van der Waals surface area contributed by atoms with Gasteiger partial charge >= 0.3 is 0 Å². The molecule has 0 fully saturated rings. The minimum atomic E-state index is -0.0286. The Hall–Kier alpha value is -3.15. The Morgan fingerprint density at radius 3 is 2.48 bits per heavy atom. The number of H-pyrrole nitrogens is 1. The van der Waals surface area contributed by atoms with E-state index in [1.54, 1.807) is 32.2 Å². The van der Waals surface area contributed by atoms with E-state index >= 15 is 0 Å². The molecule has 0 saturated heterocycles. The molecule has 0 atom stereocenters. The first kappa shape index (κ1) is 14.8. The van der Waals surface area contributed by atoms with Crippen molar-refractivity contribution in [1.82, 2.24) is 10.2 Å². The largest absolute Gasteiger partial charge is 0.508 e. The summed E-state index contributed by atoms with van der Waals surface area (Å²) in [6, 6.07) is 10.4. The number of aromatic hydroxyl groups is 2. The summed E-state index contributed by atoms with van der Waals surface area (Å²) in [5, 5.41) is 26.7. The number of nitrogens with one attached hydrogen (secondary N) is 1. The molecular weight excluding hydrogens is 296 g/mol. The third kappa shape index (κ3) is 2.66. The minimum Gasteiger partial charge on any atom is -0.508 e. The van der Waals surface area contributed by atoms with Gasteiger partial charge in [0.1, 0.15) is 17.2 Å². The molecule has 2 aromatic carbocycles. The lowest BCUT2D eigenvalue weighted by atomic mass is 10.1. The van der Waals surface area contributed by atoms with Crippen molar-refractivity contribution < 1.29 is 19.7 Å². The van der Waals surface area contributed by atoms with Crippen molar-refractivity contribution in [3.63, 3.8) is 0 Å². The van der Waals surface area contributed by atoms with E-state index in [9.17, 15) is 10.2 Å². The Labute approximate surface area is 132 Å². The van der Waals surface area contributed by atoms with Crippen LogP contribution in [0.4, 0.5) is 0 Å². The van der Waals surface area contributed by atoms with Crippen LogP contribution >= 0.6 is 0 Å². The maximum absolute atomic E-state index is 10.3. The van der Waals surface area contributed by atoms with E-state index in [1.165, 1.54) is 12.3 Å². The second-order valence-electron chi connectivity index (χ2n) is 4.97. The summed E-state index contributed by atoms with van der Waals surface area (Å²) in [5.41, 5.74) is 1.39. The SMILES string of the molecule is COc1ccccc1Oc1cn[nH]c1-c1ccc(O)c(C)c1O. The lowest BCUT2D eigenvalue weighted by Crippen LogP contribution is -1.91. The predicted octanol–water partition coefficient (Wildman–Crippen LogP) is 3.60. The van der Waals surface area contributed by atoms with Gasteiger partial charge in [-0.2, -0.15) is 5.10 Å². The van der Waals surface area contributed by atoms with Gasteiger partial charge in [0.2, 0.25) is 0 Å². The van der Waals surface area contributed by atoms with Gasteiger partial charge in [-0.3, -0.25) is 5.10 Å². The highest BCUT2D eigenvalue weighted by Crippen LogP contribution is 2.41. The van der Waals surface area contributed by atoms with Crippen LogP contribution in [-0.2, 0) is 0 Å². The molecule has 0 aliphatic heterocycles. The lowest BCUT2D eigenvalue weighted by molar-refractivity contribution is 0.379. The summed E-state index contributed by atoms with van der Waals surface area (Å²) in [6.07, 6.45) is 1.52. The Kier molecular flexibility index (Phi) is 3.80. The van der Waals surface area contributed by atoms with Crippen molar-refractivity contribution in [3.05, 3.63) is 48.2 Å². The van der Waals surface area contributed by atoms with Crippen LogP contribution in [0.25, 0.3) is 11.3 Å². The zero-order valence-corrected chi connectivity index (χ0v) is 12.7. The topological polar surface area (TPSA) is 87.6 Å². The number of nitrogens with zero attached hydrogens (tertiary/aromatic N) is 1. The van der Waals surface area contributed by atoms with E-state index in [0.29, 0.717) is 34.1 Å². The maximum Gasteiger partial charge on any atom is 0.173 e. The number of hydrogen-bond acceptors (Lipinski definition) is 5. The highest BCUT2D eigenvalue weighted by atomic mass is 16.5. The molecule has 118 valence electrons. The first-order chi connectivity index (χ1) is 11.1. The number of para-hydroxylation sites is 2. The van der Waals surface area contributed by atoms with Gasteiger partial charge in [-0.15, -0.1) is 0 Å². The molecule has 3 N–H and O–H groups in total. The van der Waals surface area contributed by atoms with Crippen molar-refractivity contribution in [1.29, 1.82) is 0 Å². The highest BCUT2D eigenvalue weighted by molar-refractivity contribution is 5.75. The quantitative estimate of drug-likeness (QED) is 0.685. The summed E-state index contributed by atoms with van der Waals surface area (Å²) < 4.78 is 11.1. The zero-order valence-electron chi connectivity index (χ0n) is 12.7. The fourth-order valence-electron chi connectivity index (χ4n) is 2.26. The predicted molar refractivity (Wildman–Crippen MR) is 85.2 cm³/mol. The molecule has 0 amide bonds. The van der Waals surface area contributed by atoms with E-state index in [2.05, 4.69) is 10.2 Å². The van der Waals surface area contributed by atoms with Gasteiger partial charge in [0.25, 0.3) is 0 Å². The van der Waals surface area contributed by atoms with Gasteiger partial charge in [-0.05, 0) is 31.2 Å². The third-order valence-corrected chi connectivity index (χ3v) is 3.57. The number of benzene rings is 2. The van der Waals surface area contributed by atoms with Gasteiger partial charge in [0.15, 0.2) is 17.2 Å². The summed E-state index contributed by atoms with van der Waals surface area (Å²) in [5.74, 6) is 1.56. The Morgan fingerprint density at radius 1 is 1.00 bits per heavy atom. The summed E-state index contributed by atoms with van der Waals surface area (Å²) >= 11 is 0. The first-order valence-corrected chi connectivity index (χ1v) is 6.98. The molecule has 6 nitrogen and oxygen atoms in total. The van der Waals surface area contributed by atoms with Crippen LogP contribution in [0, 0.1) is 6.92 Å². The van der Waals surface area contributed by atoms with Crippen LogP contribution in [0.5, 0.6) is 28.7 Å². The number of aromatic amines is 1. The van der Waals surface area contributed by atoms with Crippen LogP contribution in [0.2, 0.25) is 0 Å². The van der Waals surface area contributed by atoms with E-state index in [-0.39, 0.29) is 11.5 Å². The van der Waals surface area contributed by atoms with Gasteiger partial charge in [-0.1, -0.05) is 12.1 Å². The molecule has 0 radical (unpaired) electrons. The second kappa shape index (κ2) is 5.92. The molecule has 1 heterocycles. The molecular formula is C17H16N2O4. The van der Waals surface area contributed by atoms with Crippen LogP contribution in [0.15, 0.2) is 42.6 Å². The van der Waals surface area contributed by atoms with E-state index in [1.807, 2.05) is 12.1 Å². The molecule has 0 aliphatic carbocycles. The molecule has 3 rings (SSSR count). The third-order valence-electron chi connectivity index (χ3n) is 3.57. The van der Waals surface area contributed by atoms with Gasteiger partial charge in [0, 0.05) is 11.1 Å². The van der Waals surface area contributed by atoms with Gasteiger partial charge < -0.3 is 19.7 Å². The normalized spacial score (nSPS) is 10.5. The summed E-state index contributed by atoms with van der Waals surface area (Å²) in [7, 11) is 1.56. The van der Waals surface area contributed by atoms with Crippen LogP contribution in [0.3, 0.4) is 0 Å². The number of hydrogen-bond donors (Lipinski definition) is 3. The summed E-state index contributed by atoms with van der Waals surface area (Å²) in [6.45, 7) is 1.63. The molecule has 0 spiro atoms. The number of phenols is 2. The molecule has 0 unspecified atom stereocenters. The monoisotopic (exact) mass is 312 g/mol. The Bertz CT molecular complexity index is 842.